The van der Waals surface area contributed by atoms with Crippen molar-refractivity contribution in [2.45, 2.75) is 6.92 Å². The minimum Gasteiger partial charge on any atom is -0.320 e. The van der Waals surface area contributed by atoms with Gasteiger partial charge in [0.25, 0.3) is 5.91 Å². The number of carbonyl (C=O) groups is 1. The standard InChI is InChI=1S/C13H11FN2O/c1-9-12(7-4-8-15-9)16-13(17)10-5-2-3-6-11(10)14/h2-8H,1H3,(H,16,17). The lowest BCUT2D eigenvalue weighted by Gasteiger charge is -2.07. The van der Waals surface area contributed by atoms with E-state index in [1.54, 1.807) is 37.4 Å². The van der Waals surface area contributed by atoms with Crippen molar-refractivity contribution in [3.8, 4) is 0 Å². The van der Waals surface area contributed by atoms with Crippen LogP contribution < -0.4 is 5.32 Å². The summed E-state index contributed by atoms with van der Waals surface area (Å²) in [7, 11) is 0. The highest BCUT2D eigenvalue weighted by molar-refractivity contribution is 6.04. The summed E-state index contributed by atoms with van der Waals surface area (Å²) in [5.41, 5.74) is 1.30. The van der Waals surface area contributed by atoms with Crippen LogP contribution in [0.4, 0.5) is 10.1 Å². The number of nitrogens with zero attached hydrogens (tertiary/aromatic N) is 1. The average molecular weight is 230 g/mol. The molecule has 0 aliphatic rings. The minimum absolute atomic E-state index is 0.0238. The van der Waals surface area contributed by atoms with Gasteiger partial charge in [0.1, 0.15) is 5.82 Å². The van der Waals surface area contributed by atoms with Crippen molar-refractivity contribution < 1.29 is 9.18 Å². The number of halogens is 1. The first-order valence-corrected chi connectivity index (χ1v) is 5.16. The Morgan fingerprint density at radius 3 is 2.71 bits per heavy atom. The quantitative estimate of drug-likeness (QED) is 0.861. The molecule has 4 heteroatoms. The highest BCUT2D eigenvalue weighted by atomic mass is 19.1. The van der Waals surface area contributed by atoms with E-state index >= 15 is 0 Å². The van der Waals surface area contributed by atoms with Crippen LogP contribution in [0.5, 0.6) is 0 Å². The molecule has 86 valence electrons. The molecule has 1 aromatic carbocycles. The lowest BCUT2D eigenvalue weighted by Crippen LogP contribution is -2.14. The largest absolute Gasteiger partial charge is 0.320 e. The van der Waals surface area contributed by atoms with Crippen molar-refractivity contribution in [1.29, 1.82) is 0 Å². The molecule has 3 nitrogen and oxygen atoms in total. The number of rotatable bonds is 2. The zero-order chi connectivity index (χ0) is 12.3. The molecule has 0 unspecified atom stereocenters. The fraction of sp³-hybridized carbons (Fsp3) is 0.0769. The summed E-state index contributed by atoms with van der Waals surface area (Å²) in [6.45, 7) is 1.77. The Morgan fingerprint density at radius 1 is 1.24 bits per heavy atom. The summed E-state index contributed by atoms with van der Waals surface area (Å²) in [5.74, 6) is -1.01. The summed E-state index contributed by atoms with van der Waals surface area (Å²) in [4.78, 5) is 15.8. The zero-order valence-electron chi connectivity index (χ0n) is 9.27. The summed E-state index contributed by atoms with van der Waals surface area (Å²) in [5, 5.41) is 2.63. The Hall–Kier alpha value is -2.23. The van der Waals surface area contributed by atoms with Crippen LogP contribution in [0.1, 0.15) is 16.1 Å². The zero-order valence-corrected chi connectivity index (χ0v) is 9.27. The molecule has 1 amide bonds. The van der Waals surface area contributed by atoms with Gasteiger partial charge in [-0.15, -0.1) is 0 Å². The van der Waals surface area contributed by atoms with Crippen LogP contribution in [-0.2, 0) is 0 Å². The maximum absolute atomic E-state index is 13.4. The number of pyridine rings is 1. The van der Waals surface area contributed by atoms with Gasteiger partial charge in [0.05, 0.1) is 16.9 Å². The van der Waals surface area contributed by atoms with Crippen molar-refractivity contribution in [3.63, 3.8) is 0 Å². The number of nitrogens with one attached hydrogen (secondary N) is 1. The van der Waals surface area contributed by atoms with Crippen LogP contribution in [0, 0.1) is 12.7 Å². The molecule has 1 aromatic heterocycles. The van der Waals surface area contributed by atoms with Crippen molar-refractivity contribution in [2.75, 3.05) is 5.32 Å². The molecule has 17 heavy (non-hydrogen) atoms. The summed E-state index contributed by atoms with van der Waals surface area (Å²) in [6.07, 6.45) is 1.63. The molecular formula is C13H11FN2O. The number of amides is 1. The molecule has 1 N–H and O–H groups in total. The smallest absolute Gasteiger partial charge is 0.258 e. The second-order valence-electron chi connectivity index (χ2n) is 3.57. The molecule has 2 aromatic rings. The van der Waals surface area contributed by atoms with Crippen LogP contribution in [-0.4, -0.2) is 10.9 Å². The first kappa shape index (κ1) is 11.3. The number of hydrogen-bond acceptors (Lipinski definition) is 2. The van der Waals surface area contributed by atoms with E-state index < -0.39 is 11.7 Å². The SMILES string of the molecule is Cc1ncccc1NC(=O)c1ccccc1F. The Bertz CT molecular complexity index is 555. The Kier molecular flexibility index (Phi) is 3.14. The van der Waals surface area contributed by atoms with Crippen molar-refractivity contribution >= 4 is 11.6 Å². The molecule has 0 spiro atoms. The molecule has 0 saturated carbocycles. The highest BCUT2D eigenvalue weighted by Gasteiger charge is 2.11. The fourth-order valence-corrected chi connectivity index (χ4v) is 1.45. The maximum Gasteiger partial charge on any atom is 0.258 e. The van der Waals surface area contributed by atoms with Gasteiger partial charge in [-0.25, -0.2) is 4.39 Å². The third kappa shape index (κ3) is 2.47. The summed E-state index contributed by atoms with van der Waals surface area (Å²) >= 11 is 0. The van der Waals surface area contributed by atoms with E-state index in [2.05, 4.69) is 10.3 Å². The lowest BCUT2D eigenvalue weighted by atomic mass is 10.2. The normalized spacial score (nSPS) is 10.0. The van der Waals surface area contributed by atoms with E-state index in [0.29, 0.717) is 11.4 Å². The first-order chi connectivity index (χ1) is 8.18. The number of aromatic nitrogens is 1. The molecule has 2 rings (SSSR count). The van der Waals surface area contributed by atoms with E-state index in [9.17, 15) is 9.18 Å². The van der Waals surface area contributed by atoms with E-state index in [1.165, 1.54) is 12.1 Å². The Balaban J connectivity index is 2.24. The van der Waals surface area contributed by atoms with Gasteiger partial charge in [0, 0.05) is 6.20 Å². The second-order valence-corrected chi connectivity index (χ2v) is 3.57. The number of anilines is 1. The third-order valence-electron chi connectivity index (χ3n) is 2.37. The molecule has 1 heterocycles. The third-order valence-corrected chi connectivity index (χ3v) is 2.37. The van der Waals surface area contributed by atoms with Gasteiger partial charge in [-0.3, -0.25) is 9.78 Å². The number of benzene rings is 1. The van der Waals surface area contributed by atoms with Gasteiger partial charge in [-0.05, 0) is 31.2 Å². The number of carbonyl (C=O) groups excluding carboxylic acids is 1. The van der Waals surface area contributed by atoms with Gasteiger partial charge in [0.2, 0.25) is 0 Å². The van der Waals surface area contributed by atoms with Gasteiger partial charge < -0.3 is 5.32 Å². The second kappa shape index (κ2) is 4.74. The minimum atomic E-state index is -0.536. The van der Waals surface area contributed by atoms with Crippen molar-refractivity contribution in [1.82, 2.24) is 4.98 Å². The van der Waals surface area contributed by atoms with Gasteiger partial charge in [-0.2, -0.15) is 0 Å². The van der Waals surface area contributed by atoms with Crippen molar-refractivity contribution in [3.05, 3.63) is 59.7 Å². The summed E-state index contributed by atoms with van der Waals surface area (Å²) < 4.78 is 13.4. The molecule has 0 atom stereocenters. The van der Waals surface area contributed by atoms with E-state index in [-0.39, 0.29) is 5.56 Å². The predicted octanol–water partition coefficient (Wildman–Crippen LogP) is 2.78. The van der Waals surface area contributed by atoms with Crippen LogP contribution in [0.2, 0.25) is 0 Å². The van der Waals surface area contributed by atoms with Crippen LogP contribution in [0.15, 0.2) is 42.6 Å². The lowest BCUT2D eigenvalue weighted by molar-refractivity contribution is 0.102. The van der Waals surface area contributed by atoms with Crippen LogP contribution in [0.3, 0.4) is 0 Å². The molecule has 0 radical (unpaired) electrons. The maximum atomic E-state index is 13.4. The van der Waals surface area contributed by atoms with Gasteiger partial charge >= 0.3 is 0 Å². The summed E-state index contributed by atoms with van der Waals surface area (Å²) in [6, 6.07) is 9.29. The molecule has 0 aliphatic carbocycles. The van der Waals surface area contributed by atoms with E-state index in [0.717, 1.165) is 0 Å². The average Bonchev–Trinajstić information content (AvgIpc) is 2.32. The Morgan fingerprint density at radius 2 is 2.00 bits per heavy atom. The monoisotopic (exact) mass is 230 g/mol. The predicted molar refractivity (Wildman–Crippen MR) is 63.3 cm³/mol. The molecule has 0 bridgehead atoms. The van der Waals surface area contributed by atoms with E-state index in [4.69, 9.17) is 0 Å². The van der Waals surface area contributed by atoms with Crippen LogP contribution in [0.25, 0.3) is 0 Å². The number of hydrogen-bond donors (Lipinski definition) is 1. The van der Waals surface area contributed by atoms with Gasteiger partial charge in [0.15, 0.2) is 0 Å². The highest BCUT2D eigenvalue weighted by Crippen LogP contribution is 2.13. The first-order valence-electron chi connectivity index (χ1n) is 5.16. The van der Waals surface area contributed by atoms with Crippen molar-refractivity contribution in [2.24, 2.45) is 0 Å². The molecule has 0 fully saturated rings. The van der Waals surface area contributed by atoms with Crippen LogP contribution >= 0.6 is 0 Å². The molecule has 0 saturated heterocycles. The van der Waals surface area contributed by atoms with Gasteiger partial charge in [-0.1, -0.05) is 12.1 Å². The van der Waals surface area contributed by atoms with E-state index in [1.807, 2.05) is 0 Å². The molecule has 0 aliphatic heterocycles. The Labute approximate surface area is 98.3 Å². The fourth-order valence-electron chi connectivity index (χ4n) is 1.45. The molecular weight excluding hydrogens is 219 g/mol. The topological polar surface area (TPSA) is 42.0 Å². The number of aryl methyl sites for hydroxylation is 1.